The van der Waals surface area contributed by atoms with E-state index in [2.05, 4.69) is 5.32 Å². The van der Waals surface area contributed by atoms with Crippen molar-refractivity contribution < 1.29 is 10.2 Å². The van der Waals surface area contributed by atoms with Crippen LogP contribution in [-0.4, -0.2) is 29.5 Å². The second-order valence-corrected chi connectivity index (χ2v) is 4.74. The van der Waals surface area contributed by atoms with Crippen molar-refractivity contribution in [1.29, 1.82) is 0 Å². The molecule has 0 radical (unpaired) electrons. The van der Waals surface area contributed by atoms with Crippen molar-refractivity contribution in [1.82, 2.24) is 0 Å². The molecule has 0 aliphatic heterocycles. The summed E-state index contributed by atoms with van der Waals surface area (Å²) in [5.41, 5.74) is 3.05. The van der Waals surface area contributed by atoms with E-state index in [0.717, 1.165) is 16.8 Å². The normalized spacial score (nSPS) is 12.2. The largest absolute Gasteiger partial charge is 0.394 e. The monoisotopic (exact) mass is 277 g/mol. The Kier molecular flexibility index (Phi) is 4.80. The summed E-state index contributed by atoms with van der Waals surface area (Å²) >= 11 is 5.87. The minimum absolute atomic E-state index is 0.246. The van der Waals surface area contributed by atoms with Crippen LogP contribution in [0.25, 0.3) is 11.1 Å². The molecule has 19 heavy (non-hydrogen) atoms. The molecule has 0 saturated heterocycles. The van der Waals surface area contributed by atoms with Gasteiger partial charge in [0, 0.05) is 17.3 Å². The number of rotatable bonds is 5. The van der Waals surface area contributed by atoms with Crippen LogP contribution in [0, 0.1) is 0 Å². The van der Waals surface area contributed by atoms with Crippen molar-refractivity contribution in [3.8, 4) is 11.1 Å². The highest BCUT2D eigenvalue weighted by atomic mass is 35.5. The predicted molar refractivity (Wildman–Crippen MR) is 78.5 cm³/mol. The molecule has 0 aliphatic carbocycles. The van der Waals surface area contributed by atoms with E-state index < -0.39 is 6.10 Å². The SMILES string of the molecule is OCC(O)CNc1cccc(-c2ccc(Cl)cc2)c1. The molecule has 100 valence electrons. The maximum absolute atomic E-state index is 9.31. The molecular formula is C15H16ClNO2. The summed E-state index contributed by atoms with van der Waals surface area (Å²) in [4.78, 5) is 0. The number of aliphatic hydroxyl groups excluding tert-OH is 2. The highest BCUT2D eigenvalue weighted by molar-refractivity contribution is 6.30. The standard InChI is InChI=1S/C15H16ClNO2/c16-13-6-4-11(5-7-13)12-2-1-3-14(8-12)17-9-15(19)10-18/h1-8,15,17-19H,9-10H2. The third kappa shape index (κ3) is 3.96. The van der Waals surface area contributed by atoms with Crippen molar-refractivity contribution in [3.63, 3.8) is 0 Å². The lowest BCUT2D eigenvalue weighted by atomic mass is 10.1. The van der Waals surface area contributed by atoms with Crippen molar-refractivity contribution in [2.45, 2.75) is 6.10 Å². The number of hydrogen-bond acceptors (Lipinski definition) is 3. The summed E-state index contributed by atoms with van der Waals surface area (Å²) in [6, 6.07) is 15.5. The molecular weight excluding hydrogens is 262 g/mol. The summed E-state index contributed by atoms with van der Waals surface area (Å²) in [5.74, 6) is 0. The van der Waals surface area contributed by atoms with Crippen LogP contribution in [0.1, 0.15) is 0 Å². The fourth-order valence-corrected chi connectivity index (χ4v) is 1.88. The Labute approximate surface area is 117 Å². The summed E-state index contributed by atoms with van der Waals surface area (Å²) in [5, 5.41) is 21.9. The maximum atomic E-state index is 9.31. The number of halogens is 1. The van der Waals surface area contributed by atoms with Crippen LogP contribution in [0.4, 0.5) is 5.69 Å². The van der Waals surface area contributed by atoms with Gasteiger partial charge in [-0.3, -0.25) is 0 Å². The van der Waals surface area contributed by atoms with Crippen LogP contribution in [0.2, 0.25) is 5.02 Å². The average Bonchev–Trinajstić information content (AvgIpc) is 2.46. The van der Waals surface area contributed by atoms with E-state index in [1.54, 1.807) is 0 Å². The predicted octanol–water partition coefficient (Wildman–Crippen LogP) is 2.77. The van der Waals surface area contributed by atoms with Gasteiger partial charge in [-0.05, 0) is 35.4 Å². The third-order valence-electron chi connectivity index (χ3n) is 2.79. The molecule has 0 heterocycles. The molecule has 0 spiro atoms. The molecule has 0 saturated carbocycles. The van der Waals surface area contributed by atoms with Crippen LogP contribution in [-0.2, 0) is 0 Å². The summed E-state index contributed by atoms with van der Waals surface area (Å²) in [6.07, 6.45) is -0.751. The molecule has 4 heteroatoms. The van der Waals surface area contributed by atoms with Gasteiger partial charge in [0.2, 0.25) is 0 Å². The van der Waals surface area contributed by atoms with Gasteiger partial charge < -0.3 is 15.5 Å². The minimum atomic E-state index is -0.751. The summed E-state index contributed by atoms with van der Waals surface area (Å²) in [7, 11) is 0. The fraction of sp³-hybridized carbons (Fsp3) is 0.200. The quantitative estimate of drug-likeness (QED) is 0.788. The van der Waals surface area contributed by atoms with E-state index in [-0.39, 0.29) is 6.61 Å². The van der Waals surface area contributed by atoms with Gasteiger partial charge in [0.15, 0.2) is 0 Å². The Morgan fingerprint density at radius 2 is 1.79 bits per heavy atom. The molecule has 1 unspecified atom stereocenters. The zero-order valence-electron chi connectivity index (χ0n) is 10.4. The molecule has 0 fully saturated rings. The molecule has 3 N–H and O–H groups in total. The molecule has 0 bridgehead atoms. The first-order chi connectivity index (χ1) is 9.19. The van der Waals surface area contributed by atoms with Gasteiger partial charge in [0.1, 0.15) is 0 Å². The van der Waals surface area contributed by atoms with E-state index in [1.807, 2.05) is 48.5 Å². The first-order valence-electron chi connectivity index (χ1n) is 6.08. The molecule has 2 aromatic carbocycles. The van der Waals surface area contributed by atoms with Crippen molar-refractivity contribution in [3.05, 3.63) is 53.6 Å². The topological polar surface area (TPSA) is 52.5 Å². The Morgan fingerprint density at radius 1 is 1.05 bits per heavy atom. The Hall–Kier alpha value is -1.55. The second-order valence-electron chi connectivity index (χ2n) is 4.30. The maximum Gasteiger partial charge on any atom is 0.0942 e. The third-order valence-corrected chi connectivity index (χ3v) is 3.04. The summed E-state index contributed by atoms with van der Waals surface area (Å²) in [6.45, 7) is 0.0739. The van der Waals surface area contributed by atoms with E-state index in [9.17, 15) is 5.11 Å². The molecule has 3 nitrogen and oxygen atoms in total. The fourth-order valence-electron chi connectivity index (χ4n) is 1.75. The van der Waals surface area contributed by atoms with Crippen molar-refractivity contribution in [2.24, 2.45) is 0 Å². The van der Waals surface area contributed by atoms with Gasteiger partial charge in [-0.15, -0.1) is 0 Å². The van der Waals surface area contributed by atoms with E-state index in [0.29, 0.717) is 11.6 Å². The van der Waals surface area contributed by atoms with Crippen molar-refractivity contribution in [2.75, 3.05) is 18.5 Å². The first-order valence-corrected chi connectivity index (χ1v) is 6.45. The number of benzene rings is 2. The lowest BCUT2D eigenvalue weighted by molar-refractivity contribution is 0.105. The average molecular weight is 278 g/mol. The van der Waals surface area contributed by atoms with Crippen LogP contribution >= 0.6 is 11.6 Å². The van der Waals surface area contributed by atoms with E-state index in [1.165, 1.54) is 0 Å². The van der Waals surface area contributed by atoms with Gasteiger partial charge in [0.05, 0.1) is 12.7 Å². The Bertz CT molecular complexity index is 528. The minimum Gasteiger partial charge on any atom is -0.394 e. The highest BCUT2D eigenvalue weighted by Crippen LogP contribution is 2.24. The molecule has 2 rings (SSSR count). The van der Waals surface area contributed by atoms with E-state index >= 15 is 0 Å². The second kappa shape index (κ2) is 6.57. The van der Waals surface area contributed by atoms with Crippen molar-refractivity contribution >= 4 is 17.3 Å². The van der Waals surface area contributed by atoms with Crippen LogP contribution in [0.15, 0.2) is 48.5 Å². The molecule has 0 amide bonds. The molecule has 0 aliphatic rings. The van der Waals surface area contributed by atoms with Gasteiger partial charge in [-0.25, -0.2) is 0 Å². The van der Waals surface area contributed by atoms with Crippen LogP contribution < -0.4 is 5.32 Å². The van der Waals surface area contributed by atoms with Gasteiger partial charge in [-0.2, -0.15) is 0 Å². The lowest BCUT2D eigenvalue weighted by Crippen LogP contribution is -2.22. The number of anilines is 1. The zero-order valence-corrected chi connectivity index (χ0v) is 11.1. The van der Waals surface area contributed by atoms with Crippen LogP contribution in [0.3, 0.4) is 0 Å². The van der Waals surface area contributed by atoms with Gasteiger partial charge in [-0.1, -0.05) is 35.9 Å². The van der Waals surface area contributed by atoms with Gasteiger partial charge in [0.25, 0.3) is 0 Å². The number of aliphatic hydroxyl groups is 2. The Balaban J connectivity index is 2.12. The molecule has 2 aromatic rings. The van der Waals surface area contributed by atoms with Gasteiger partial charge >= 0.3 is 0 Å². The molecule has 0 aromatic heterocycles. The summed E-state index contributed by atoms with van der Waals surface area (Å²) < 4.78 is 0. The smallest absolute Gasteiger partial charge is 0.0942 e. The first kappa shape index (κ1) is 13.9. The number of hydrogen-bond donors (Lipinski definition) is 3. The highest BCUT2D eigenvalue weighted by Gasteiger charge is 2.03. The number of nitrogens with one attached hydrogen (secondary N) is 1. The zero-order chi connectivity index (χ0) is 13.7. The molecule has 1 atom stereocenters. The lowest BCUT2D eigenvalue weighted by Gasteiger charge is -2.11. The Morgan fingerprint density at radius 3 is 2.47 bits per heavy atom. The van der Waals surface area contributed by atoms with E-state index in [4.69, 9.17) is 16.7 Å². The van der Waals surface area contributed by atoms with Crippen LogP contribution in [0.5, 0.6) is 0 Å².